The lowest BCUT2D eigenvalue weighted by Gasteiger charge is -2.39. The molecule has 0 radical (unpaired) electrons. The third-order valence-electron chi connectivity index (χ3n) is 4.22. The van der Waals surface area contributed by atoms with Crippen LogP contribution in [0.3, 0.4) is 0 Å². The minimum absolute atomic E-state index is 0.00930. The van der Waals surface area contributed by atoms with Gasteiger partial charge in [-0.05, 0) is 57.9 Å². The molecule has 1 atom stereocenters. The summed E-state index contributed by atoms with van der Waals surface area (Å²) in [4.78, 5) is 14.2. The molecule has 1 saturated heterocycles. The number of amides is 1. The molecule has 134 valence electrons. The summed E-state index contributed by atoms with van der Waals surface area (Å²) in [6.45, 7) is 10.7. The molecule has 1 fully saturated rings. The van der Waals surface area contributed by atoms with Crippen molar-refractivity contribution in [3.63, 3.8) is 0 Å². The van der Waals surface area contributed by atoms with Crippen LogP contribution < -0.4 is 5.32 Å². The number of nitrogens with one attached hydrogen (secondary N) is 1. The van der Waals surface area contributed by atoms with Gasteiger partial charge in [-0.25, -0.2) is 4.79 Å². The quantitative estimate of drug-likeness (QED) is 0.883. The van der Waals surface area contributed by atoms with Crippen LogP contribution in [0.15, 0.2) is 24.3 Å². The molecule has 1 aliphatic heterocycles. The minimum atomic E-state index is -0.510. The molecule has 0 aromatic heterocycles. The van der Waals surface area contributed by atoms with Gasteiger partial charge in [0.1, 0.15) is 5.60 Å². The third-order valence-corrected chi connectivity index (χ3v) is 4.22. The highest BCUT2D eigenvalue weighted by Gasteiger charge is 2.30. The molecule has 0 saturated carbocycles. The highest BCUT2D eigenvalue weighted by molar-refractivity contribution is 5.84. The summed E-state index contributed by atoms with van der Waals surface area (Å²) in [6.07, 6.45) is 1.73. The number of aliphatic hydroxyl groups is 1. The fourth-order valence-electron chi connectivity index (χ4n) is 3.12. The molecule has 2 N–H and O–H groups in total. The SMILES string of the molecule is CC1(CO)CCCN(Cc2cccc(NC(=O)OC(C)(C)C)c2)C1. The summed E-state index contributed by atoms with van der Waals surface area (Å²) in [5, 5.41) is 12.4. The number of nitrogens with zero attached hydrogens (tertiary/aromatic N) is 1. The van der Waals surface area contributed by atoms with E-state index in [2.05, 4.69) is 23.2 Å². The van der Waals surface area contributed by atoms with Gasteiger partial charge in [0.05, 0.1) is 0 Å². The van der Waals surface area contributed by atoms with Crippen molar-refractivity contribution < 1.29 is 14.6 Å². The lowest BCUT2D eigenvalue weighted by atomic mass is 9.82. The Bertz CT molecular complexity index is 568. The van der Waals surface area contributed by atoms with E-state index in [0.717, 1.165) is 43.7 Å². The molecule has 0 aliphatic carbocycles. The number of hydrogen-bond donors (Lipinski definition) is 2. The Labute approximate surface area is 145 Å². The van der Waals surface area contributed by atoms with Gasteiger partial charge in [0, 0.05) is 30.8 Å². The molecule has 1 aliphatic rings. The number of carbonyl (C=O) groups excluding carboxylic acids is 1. The second-order valence-corrected chi connectivity index (χ2v) is 8.11. The molecule has 1 aromatic carbocycles. The molecule has 1 unspecified atom stereocenters. The maximum atomic E-state index is 11.9. The average Bonchev–Trinajstić information content (AvgIpc) is 2.45. The van der Waals surface area contributed by atoms with Crippen LogP contribution in [0.25, 0.3) is 0 Å². The Morgan fingerprint density at radius 1 is 1.42 bits per heavy atom. The molecule has 1 aromatic rings. The number of hydrogen-bond acceptors (Lipinski definition) is 4. The zero-order chi connectivity index (χ0) is 17.8. The summed E-state index contributed by atoms with van der Waals surface area (Å²) in [5.74, 6) is 0. The van der Waals surface area contributed by atoms with E-state index >= 15 is 0 Å². The zero-order valence-corrected chi connectivity index (χ0v) is 15.3. The van der Waals surface area contributed by atoms with Crippen molar-refractivity contribution in [2.75, 3.05) is 25.0 Å². The molecule has 5 heteroatoms. The van der Waals surface area contributed by atoms with Crippen molar-refractivity contribution in [2.45, 2.75) is 52.7 Å². The van der Waals surface area contributed by atoms with Gasteiger partial charge in [-0.15, -0.1) is 0 Å². The molecular weight excluding hydrogens is 304 g/mol. The van der Waals surface area contributed by atoms with Crippen LogP contribution in [0, 0.1) is 5.41 Å². The predicted octanol–water partition coefficient (Wildman–Crippen LogP) is 3.63. The molecular formula is C19H30N2O3. The van der Waals surface area contributed by atoms with Gasteiger partial charge in [-0.1, -0.05) is 19.1 Å². The number of carbonyl (C=O) groups is 1. The first-order valence-electron chi connectivity index (χ1n) is 8.61. The molecule has 1 heterocycles. The van der Waals surface area contributed by atoms with Crippen molar-refractivity contribution in [2.24, 2.45) is 5.41 Å². The Hall–Kier alpha value is -1.59. The van der Waals surface area contributed by atoms with E-state index in [4.69, 9.17) is 4.74 Å². The van der Waals surface area contributed by atoms with Crippen molar-refractivity contribution in [3.05, 3.63) is 29.8 Å². The van der Waals surface area contributed by atoms with Crippen molar-refractivity contribution in [1.29, 1.82) is 0 Å². The fourth-order valence-corrected chi connectivity index (χ4v) is 3.12. The average molecular weight is 334 g/mol. The van der Waals surface area contributed by atoms with Crippen molar-refractivity contribution >= 4 is 11.8 Å². The first-order valence-corrected chi connectivity index (χ1v) is 8.61. The van der Waals surface area contributed by atoms with Crippen LogP contribution in [0.1, 0.15) is 46.1 Å². The van der Waals surface area contributed by atoms with E-state index in [0.29, 0.717) is 0 Å². The van der Waals surface area contributed by atoms with Gasteiger partial charge < -0.3 is 9.84 Å². The number of benzene rings is 1. The lowest BCUT2D eigenvalue weighted by molar-refractivity contribution is 0.0429. The van der Waals surface area contributed by atoms with E-state index in [1.807, 2.05) is 39.0 Å². The molecule has 5 nitrogen and oxygen atoms in total. The zero-order valence-electron chi connectivity index (χ0n) is 15.3. The first kappa shape index (κ1) is 18.7. The van der Waals surface area contributed by atoms with Gasteiger partial charge in [0.15, 0.2) is 0 Å². The van der Waals surface area contributed by atoms with Crippen LogP contribution in [0.5, 0.6) is 0 Å². The first-order chi connectivity index (χ1) is 11.2. The normalized spacial score (nSPS) is 22.2. The monoisotopic (exact) mass is 334 g/mol. The van der Waals surface area contributed by atoms with Gasteiger partial charge >= 0.3 is 6.09 Å². The van der Waals surface area contributed by atoms with E-state index in [-0.39, 0.29) is 12.0 Å². The Kier molecular flexibility index (Phi) is 5.88. The Morgan fingerprint density at radius 3 is 2.83 bits per heavy atom. The standard InChI is InChI=1S/C19H30N2O3/c1-18(2,3)24-17(23)20-16-8-5-7-15(11-16)12-21-10-6-9-19(4,13-21)14-22/h5,7-8,11,22H,6,9-10,12-14H2,1-4H3,(H,20,23). The molecule has 24 heavy (non-hydrogen) atoms. The Balaban J connectivity index is 1.96. The van der Waals surface area contributed by atoms with Gasteiger partial charge in [0.2, 0.25) is 0 Å². The molecule has 2 rings (SSSR count). The van der Waals surface area contributed by atoms with Crippen LogP contribution in [-0.2, 0) is 11.3 Å². The number of rotatable bonds is 4. The molecule has 1 amide bonds. The molecule has 0 bridgehead atoms. The van der Waals surface area contributed by atoms with E-state index in [1.165, 1.54) is 0 Å². The number of aliphatic hydroxyl groups excluding tert-OH is 1. The summed E-state index contributed by atoms with van der Waals surface area (Å²) in [6, 6.07) is 7.85. The summed E-state index contributed by atoms with van der Waals surface area (Å²) in [5.41, 5.74) is 1.36. The van der Waals surface area contributed by atoms with Gasteiger partial charge in [-0.2, -0.15) is 0 Å². The summed E-state index contributed by atoms with van der Waals surface area (Å²) in [7, 11) is 0. The smallest absolute Gasteiger partial charge is 0.412 e. The van der Waals surface area contributed by atoms with E-state index < -0.39 is 11.7 Å². The maximum absolute atomic E-state index is 11.9. The van der Waals surface area contributed by atoms with Crippen LogP contribution in [0.2, 0.25) is 0 Å². The third kappa shape index (κ3) is 5.80. The highest BCUT2D eigenvalue weighted by Crippen LogP contribution is 2.29. The lowest BCUT2D eigenvalue weighted by Crippen LogP contribution is -2.43. The topological polar surface area (TPSA) is 61.8 Å². The highest BCUT2D eigenvalue weighted by atomic mass is 16.6. The number of likely N-dealkylation sites (tertiary alicyclic amines) is 1. The minimum Gasteiger partial charge on any atom is -0.444 e. The number of ether oxygens (including phenoxy) is 1. The van der Waals surface area contributed by atoms with Crippen molar-refractivity contribution in [3.8, 4) is 0 Å². The van der Waals surface area contributed by atoms with E-state index in [1.54, 1.807) is 0 Å². The van der Waals surface area contributed by atoms with Gasteiger partial charge in [0.25, 0.3) is 0 Å². The van der Waals surface area contributed by atoms with Crippen molar-refractivity contribution in [1.82, 2.24) is 4.90 Å². The number of anilines is 1. The Morgan fingerprint density at radius 2 is 2.17 bits per heavy atom. The predicted molar refractivity (Wildman–Crippen MR) is 96.0 cm³/mol. The van der Waals surface area contributed by atoms with E-state index in [9.17, 15) is 9.90 Å². The summed E-state index contributed by atoms with van der Waals surface area (Å²) >= 11 is 0. The van der Waals surface area contributed by atoms with Crippen LogP contribution >= 0.6 is 0 Å². The van der Waals surface area contributed by atoms with Gasteiger partial charge in [-0.3, -0.25) is 10.2 Å². The second kappa shape index (κ2) is 7.53. The second-order valence-electron chi connectivity index (χ2n) is 8.11. The number of piperidine rings is 1. The fraction of sp³-hybridized carbons (Fsp3) is 0.632. The van der Waals surface area contributed by atoms with Crippen LogP contribution in [0.4, 0.5) is 10.5 Å². The maximum Gasteiger partial charge on any atom is 0.412 e. The largest absolute Gasteiger partial charge is 0.444 e. The summed E-state index contributed by atoms with van der Waals surface area (Å²) < 4.78 is 5.29. The molecule has 0 spiro atoms. The van der Waals surface area contributed by atoms with Crippen LogP contribution in [-0.4, -0.2) is 41.4 Å².